The fraction of sp³-hybridized carbons (Fsp3) is 0.688. The van der Waals surface area contributed by atoms with Crippen molar-refractivity contribution in [3.63, 3.8) is 0 Å². The number of nitrogens with zero attached hydrogens (tertiary/aromatic N) is 2. The molecule has 0 aliphatic carbocycles. The Morgan fingerprint density at radius 2 is 1.79 bits per heavy atom. The molecule has 0 bridgehead atoms. The molecule has 0 radical (unpaired) electrons. The molecule has 19 heavy (non-hydrogen) atoms. The molecule has 3 nitrogen and oxygen atoms in total. The number of hydrogen-bond acceptors (Lipinski definition) is 3. The number of anilines is 1. The molecule has 108 valence electrons. The van der Waals surface area contributed by atoms with E-state index in [1.165, 1.54) is 30.4 Å². The first-order valence-corrected chi connectivity index (χ1v) is 7.64. The van der Waals surface area contributed by atoms with E-state index >= 15 is 0 Å². The van der Waals surface area contributed by atoms with Crippen molar-refractivity contribution in [3.05, 3.63) is 23.4 Å². The van der Waals surface area contributed by atoms with E-state index in [0.717, 1.165) is 32.0 Å². The fourth-order valence-corrected chi connectivity index (χ4v) is 2.33. The SMILES string of the molecule is CCCNCc1cnc(N(CCC)CCC)c(C)c1. The third-order valence-electron chi connectivity index (χ3n) is 3.15. The molecular formula is C16H29N3. The standard InChI is InChI=1S/C16H29N3/c1-5-8-17-12-15-11-14(4)16(18-13-15)19(9-6-2)10-7-3/h11,13,17H,5-10,12H2,1-4H3. The van der Waals surface area contributed by atoms with Crippen LogP contribution in [-0.2, 0) is 6.54 Å². The number of rotatable bonds is 9. The van der Waals surface area contributed by atoms with Crippen molar-refractivity contribution in [1.82, 2.24) is 10.3 Å². The van der Waals surface area contributed by atoms with Gasteiger partial charge < -0.3 is 10.2 Å². The molecule has 0 saturated carbocycles. The second kappa shape index (κ2) is 8.92. The van der Waals surface area contributed by atoms with Gasteiger partial charge in [-0.05, 0) is 49.9 Å². The predicted octanol–water partition coefficient (Wildman–Crippen LogP) is 3.52. The first-order valence-electron chi connectivity index (χ1n) is 7.64. The number of hydrogen-bond donors (Lipinski definition) is 1. The summed E-state index contributed by atoms with van der Waals surface area (Å²) in [5.74, 6) is 1.16. The lowest BCUT2D eigenvalue weighted by Gasteiger charge is -2.24. The highest BCUT2D eigenvalue weighted by Gasteiger charge is 2.09. The van der Waals surface area contributed by atoms with E-state index in [1.54, 1.807) is 0 Å². The van der Waals surface area contributed by atoms with Gasteiger partial charge in [0.15, 0.2) is 0 Å². The molecule has 1 aromatic rings. The molecule has 0 amide bonds. The van der Waals surface area contributed by atoms with Crippen LogP contribution in [0.4, 0.5) is 5.82 Å². The lowest BCUT2D eigenvalue weighted by Crippen LogP contribution is -2.26. The van der Waals surface area contributed by atoms with Crippen molar-refractivity contribution in [3.8, 4) is 0 Å². The minimum Gasteiger partial charge on any atom is -0.356 e. The molecule has 3 heteroatoms. The highest BCUT2D eigenvalue weighted by Crippen LogP contribution is 2.18. The van der Waals surface area contributed by atoms with Crippen LogP contribution < -0.4 is 10.2 Å². The van der Waals surface area contributed by atoms with Gasteiger partial charge in [-0.25, -0.2) is 4.98 Å². The van der Waals surface area contributed by atoms with Crippen LogP contribution in [0, 0.1) is 6.92 Å². The van der Waals surface area contributed by atoms with Crippen LogP contribution in [0.2, 0.25) is 0 Å². The smallest absolute Gasteiger partial charge is 0.131 e. The van der Waals surface area contributed by atoms with Crippen molar-refractivity contribution in [2.45, 2.75) is 53.5 Å². The summed E-state index contributed by atoms with van der Waals surface area (Å²) in [6.07, 6.45) is 5.52. The van der Waals surface area contributed by atoms with Crippen LogP contribution in [0.5, 0.6) is 0 Å². The van der Waals surface area contributed by atoms with Crippen LogP contribution in [0.1, 0.15) is 51.2 Å². The summed E-state index contributed by atoms with van der Waals surface area (Å²) in [5, 5.41) is 3.42. The van der Waals surface area contributed by atoms with Gasteiger partial charge in [0.1, 0.15) is 5.82 Å². The molecule has 1 heterocycles. The average molecular weight is 263 g/mol. The van der Waals surface area contributed by atoms with Gasteiger partial charge >= 0.3 is 0 Å². The molecule has 0 aliphatic heterocycles. The molecule has 1 N–H and O–H groups in total. The number of nitrogens with one attached hydrogen (secondary N) is 1. The summed E-state index contributed by atoms with van der Waals surface area (Å²) >= 11 is 0. The van der Waals surface area contributed by atoms with Gasteiger partial charge in [-0.1, -0.05) is 20.8 Å². The Morgan fingerprint density at radius 3 is 2.32 bits per heavy atom. The van der Waals surface area contributed by atoms with Crippen molar-refractivity contribution in [2.75, 3.05) is 24.5 Å². The topological polar surface area (TPSA) is 28.2 Å². The maximum atomic E-state index is 4.68. The molecule has 1 rings (SSSR count). The molecule has 0 fully saturated rings. The highest BCUT2D eigenvalue weighted by atomic mass is 15.2. The van der Waals surface area contributed by atoms with Crippen LogP contribution >= 0.6 is 0 Å². The van der Waals surface area contributed by atoms with Crippen molar-refractivity contribution >= 4 is 5.82 Å². The maximum absolute atomic E-state index is 4.68. The molecule has 1 aromatic heterocycles. The summed E-state index contributed by atoms with van der Waals surface area (Å²) in [5.41, 5.74) is 2.57. The zero-order valence-corrected chi connectivity index (χ0v) is 13.0. The van der Waals surface area contributed by atoms with E-state index in [9.17, 15) is 0 Å². The summed E-state index contributed by atoms with van der Waals surface area (Å²) in [4.78, 5) is 7.08. The maximum Gasteiger partial charge on any atom is 0.131 e. The molecule has 0 aliphatic rings. The summed E-state index contributed by atoms with van der Waals surface area (Å²) in [6, 6.07) is 2.27. The van der Waals surface area contributed by atoms with Crippen LogP contribution in [0.25, 0.3) is 0 Å². The van der Waals surface area contributed by atoms with Gasteiger partial charge in [-0.15, -0.1) is 0 Å². The monoisotopic (exact) mass is 263 g/mol. The lowest BCUT2D eigenvalue weighted by molar-refractivity contribution is 0.672. The van der Waals surface area contributed by atoms with E-state index < -0.39 is 0 Å². The third-order valence-corrected chi connectivity index (χ3v) is 3.15. The first-order chi connectivity index (χ1) is 9.22. The van der Waals surface area contributed by atoms with E-state index in [2.05, 4.69) is 49.0 Å². The Bertz CT molecular complexity index is 357. The second-order valence-electron chi connectivity index (χ2n) is 5.15. The van der Waals surface area contributed by atoms with Crippen LogP contribution in [0.15, 0.2) is 12.3 Å². The molecular weight excluding hydrogens is 234 g/mol. The minimum atomic E-state index is 0.920. The van der Waals surface area contributed by atoms with E-state index in [1.807, 2.05) is 6.20 Å². The second-order valence-corrected chi connectivity index (χ2v) is 5.15. The van der Waals surface area contributed by atoms with Gasteiger partial charge in [0, 0.05) is 25.8 Å². The lowest BCUT2D eigenvalue weighted by atomic mass is 10.2. The number of aryl methyl sites for hydroxylation is 1. The zero-order chi connectivity index (χ0) is 14.1. The molecule has 0 unspecified atom stereocenters. The molecule has 0 saturated heterocycles. The Hall–Kier alpha value is -1.09. The normalized spacial score (nSPS) is 10.7. The zero-order valence-electron chi connectivity index (χ0n) is 13.0. The Balaban J connectivity index is 2.73. The summed E-state index contributed by atoms with van der Waals surface area (Å²) in [6.45, 7) is 13.0. The molecule has 0 spiro atoms. The Labute approximate surface area is 118 Å². The van der Waals surface area contributed by atoms with Gasteiger partial charge in [0.05, 0.1) is 0 Å². The number of pyridine rings is 1. The van der Waals surface area contributed by atoms with E-state index in [0.29, 0.717) is 0 Å². The highest BCUT2D eigenvalue weighted by molar-refractivity contribution is 5.47. The Morgan fingerprint density at radius 1 is 1.11 bits per heavy atom. The predicted molar refractivity (Wildman–Crippen MR) is 83.8 cm³/mol. The first kappa shape index (κ1) is 16.0. The van der Waals surface area contributed by atoms with Gasteiger partial charge in [-0.3, -0.25) is 0 Å². The molecule has 0 atom stereocenters. The van der Waals surface area contributed by atoms with Crippen molar-refractivity contribution in [1.29, 1.82) is 0 Å². The van der Waals surface area contributed by atoms with Gasteiger partial charge in [-0.2, -0.15) is 0 Å². The fourth-order valence-electron chi connectivity index (χ4n) is 2.33. The average Bonchev–Trinajstić information content (AvgIpc) is 2.39. The molecule has 0 aromatic carbocycles. The van der Waals surface area contributed by atoms with Crippen LogP contribution in [-0.4, -0.2) is 24.6 Å². The van der Waals surface area contributed by atoms with Crippen molar-refractivity contribution in [2.24, 2.45) is 0 Å². The summed E-state index contributed by atoms with van der Waals surface area (Å²) < 4.78 is 0. The van der Waals surface area contributed by atoms with Crippen molar-refractivity contribution < 1.29 is 0 Å². The quantitative estimate of drug-likeness (QED) is 0.691. The largest absolute Gasteiger partial charge is 0.356 e. The van der Waals surface area contributed by atoms with Gasteiger partial charge in [0.2, 0.25) is 0 Å². The van der Waals surface area contributed by atoms with Gasteiger partial charge in [0.25, 0.3) is 0 Å². The third kappa shape index (κ3) is 5.19. The van der Waals surface area contributed by atoms with E-state index in [4.69, 9.17) is 0 Å². The Kier molecular flexibility index (Phi) is 7.49. The number of aromatic nitrogens is 1. The van der Waals surface area contributed by atoms with E-state index in [-0.39, 0.29) is 0 Å². The minimum absolute atomic E-state index is 0.920. The summed E-state index contributed by atoms with van der Waals surface area (Å²) in [7, 11) is 0. The van der Waals surface area contributed by atoms with Crippen LogP contribution in [0.3, 0.4) is 0 Å².